The van der Waals surface area contributed by atoms with Crippen LogP contribution in [-0.2, 0) is 14.3 Å². The molecule has 1 N–H and O–H groups in total. The van der Waals surface area contributed by atoms with Crippen LogP contribution in [0.3, 0.4) is 0 Å². The van der Waals surface area contributed by atoms with Gasteiger partial charge in [0, 0.05) is 12.0 Å². The van der Waals surface area contributed by atoms with Gasteiger partial charge in [-0.15, -0.1) is 0 Å². The van der Waals surface area contributed by atoms with E-state index >= 15 is 0 Å². The van der Waals surface area contributed by atoms with Crippen molar-refractivity contribution in [2.24, 2.45) is 0 Å². The normalized spacial score (nSPS) is 16.8. The molecular weight excluding hydrogens is 358 g/mol. The predicted molar refractivity (Wildman–Crippen MR) is 103 cm³/mol. The summed E-state index contributed by atoms with van der Waals surface area (Å²) in [6, 6.07) is 15.9. The number of fused-ring (bicyclic) bond motifs is 3. The summed E-state index contributed by atoms with van der Waals surface area (Å²) in [7, 11) is 0. The SMILES string of the molecule is CC(C)N(C(=O)OCC1c2ccccc2-c2ccccc21)C1(C(=O)O)COC1. The van der Waals surface area contributed by atoms with Gasteiger partial charge in [0.15, 0.2) is 5.54 Å². The van der Waals surface area contributed by atoms with E-state index in [9.17, 15) is 14.7 Å². The van der Waals surface area contributed by atoms with Crippen LogP contribution in [0.25, 0.3) is 11.1 Å². The van der Waals surface area contributed by atoms with Crippen LogP contribution in [0.5, 0.6) is 0 Å². The second-order valence-electron chi connectivity index (χ2n) is 7.60. The Labute approximate surface area is 163 Å². The number of aliphatic carboxylic acids is 1. The van der Waals surface area contributed by atoms with Gasteiger partial charge >= 0.3 is 12.1 Å². The summed E-state index contributed by atoms with van der Waals surface area (Å²) in [4.78, 5) is 26.0. The van der Waals surface area contributed by atoms with Crippen molar-refractivity contribution in [2.75, 3.05) is 19.8 Å². The molecule has 0 aromatic heterocycles. The van der Waals surface area contributed by atoms with Crippen LogP contribution in [0.1, 0.15) is 30.9 Å². The minimum Gasteiger partial charge on any atom is -0.479 e. The van der Waals surface area contributed by atoms with Gasteiger partial charge in [0.25, 0.3) is 0 Å². The van der Waals surface area contributed by atoms with Crippen LogP contribution in [0.15, 0.2) is 48.5 Å². The Morgan fingerprint density at radius 2 is 1.64 bits per heavy atom. The van der Waals surface area contributed by atoms with Crippen molar-refractivity contribution >= 4 is 12.1 Å². The summed E-state index contributed by atoms with van der Waals surface area (Å²) < 4.78 is 10.8. The summed E-state index contributed by atoms with van der Waals surface area (Å²) in [5.41, 5.74) is 3.18. The van der Waals surface area contributed by atoms with Gasteiger partial charge in [-0.05, 0) is 36.1 Å². The second kappa shape index (κ2) is 6.95. The summed E-state index contributed by atoms with van der Waals surface area (Å²) in [6.45, 7) is 3.68. The van der Waals surface area contributed by atoms with E-state index in [1.807, 2.05) is 36.4 Å². The molecule has 6 heteroatoms. The molecule has 0 radical (unpaired) electrons. The van der Waals surface area contributed by atoms with Gasteiger partial charge in [-0.1, -0.05) is 48.5 Å². The van der Waals surface area contributed by atoms with Crippen LogP contribution in [0.2, 0.25) is 0 Å². The third-order valence-electron chi connectivity index (χ3n) is 5.59. The molecule has 0 spiro atoms. The number of carboxylic acids is 1. The van der Waals surface area contributed by atoms with Crippen LogP contribution in [-0.4, -0.2) is 53.5 Å². The van der Waals surface area contributed by atoms with Gasteiger partial charge in [0.05, 0.1) is 13.2 Å². The van der Waals surface area contributed by atoms with E-state index in [-0.39, 0.29) is 31.8 Å². The van der Waals surface area contributed by atoms with E-state index < -0.39 is 17.6 Å². The number of hydrogen-bond acceptors (Lipinski definition) is 4. The highest BCUT2D eigenvalue weighted by Gasteiger charge is 2.55. The lowest BCUT2D eigenvalue weighted by atomic mass is 9.94. The highest BCUT2D eigenvalue weighted by molar-refractivity contribution is 5.86. The second-order valence-corrected chi connectivity index (χ2v) is 7.60. The number of carbonyl (C=O) groups excluding carboxylic acids is 1. The number of rotatable bonds is 5. The fourth-order valence-electron chi connectivity index (χ4n) is 4.20. The van der Waals surface area contributed by atoms with Gasteiger partial charge < -0.3 is 14.6 Å². The predicted octanol–water partition coefficient (Wildman–Crippen LogP) is 3.50. The first-order valence-corrected chi connectivity index (χ1v) is 9.41. The largest absolute Gasteiger partial charge is 0.479 e. The Bertz CT molecular complexity index is 873. The van der Waals surface area contributed by atoms with Gasteiger partial charge in [0.1, 0.15) is 6.61 Å². The lowest BCUT2D eigenvalue weighted by Crippen LogP contribution is -2.70. The van der Waals surface area contributed by atoms with Crippen molar-refractivity contribution in [2.45, 2.75) is 31.3 Å². The van der Waals surface area contributed by atoms with Gasteiger partial charge in [-0.25, -0.2) is 9.59 Å². The Balaban J connectivity index is 1.57. The Morgan fingerprint density at radius 3 is 2.07 bits per heavy atom. The minimum absolute atomic E-state index is 0.0231. The van der Waals surface area contributed by atoms with Gasteiger partial charge in [0.2, 0.25) is 0 Å². The molecule has 1 heterocycles. The molecule has 4 rings (SSSR count). The quantitative estimate of drug-likeness (QED) is 0.858. The molecule has 0 bridgehead atoms. The average molecular weight is 381 g/mol. The number of hydrogen-bond donors (Lipinski definition) is 1. The van der Waals surface area contributed by atoms with E-state index in [1.165, 1.54) is 4.90 Å². The maximum atomic E-state index is 12.9. The van der Waals surface area contributed by atoms with Gasteiger partial charge in [-0.2, -0.15) is 0 Å². The Hall–Kier alpha value is -2.86. The van der Waals surface area contributed by atoms with E-state index in [4.69, 9.17) is 9.47 Å². The molecule has 0 unspecified atom stereocenters. The average Bonchev–Trinajstić information content (AvgIpc) is 2.96. The molecule has 1 fully saturated rings. The molecule has 2 aromatic carbocycles. The molecule has 0 atom stereocenters. The van der Waals surface area contributed by atoms with Crippen LogP contribution >= 0.6 is 0 Å². The van der Waals surface area contributed by atoms with E-state index in [0.29, 0.717) is 0 Å². The maximum Gasteiger partial charge on any atom is 0.411 e. The van der Waals surface area contributed by atoms with Crippen LogP contribution in [0, 0.1) is 0 Å². The fourth-order valence-corrected chi connectivity index (χ4v) is 4.20. The first-order chi connectivity index (χ1) is 13.5. The highest BCUT2D eigenvalue weighted by atomic mass is 16.6. The summed E-state index contributed by atoms with van der Waals surface area (Å²) in [5, 5.41) is 9.66. The van der Waals surface area contributed by atoms with Crippen LogP contribution < -0.4 is 0 Å². The van der Waals surface area contributed by atoms with Crippen molar-refractivity contribution in [1.29, 1.82) is 0 Å². The van der Waals surface area contributed by atoms with Crippen molar-refractivity contribution in [3.8, 4) is 11.1 Å². The molecule has 1 amide bonds. The summed E-state index contributed by atoms with van der Waals surface area (Å²) in [6.07, 6.45) is -0.623. The first-order valence-electron chi connectivity index (χ1n) is 9.41. The Morgan fingerprint density at radius 1 is 1.11 bits per heavy atom. The smallest absolute Gasteiger partial charge is 0.411 e. The Kier molecular flexibility index (Phi) is 4.59. The lowest BCUT2D eigenvalue weighted by molar-refractivity contribution is -0.186. The summed E-state index contributed by atoms with van der Waals surface area (Å²) in [5.74, 6) is -1.13. The maximum absolute atomic E-state index is 12.9. The minimum atomic E-state index is -1.35. The van der Waals surface area contributed by atoms with E-state index in [2.05, 4.69) is 12.1 Å². The third kappa shape index (κ3) is 2.76. The number of carbonyl (C=O) groups is 2. The zero-order valence-corrected chi connectivity index (χ0v) is 15.9. The van der Waals surface area contributed by atoms with Crippen LogP contribution in [0.4, 0.5) is 4.79 Å². The molecule has 2 aromatic rings. The van der Waals surface area contributed by atoms with Crippen molar-refractivity contribution in [3.05, 3.63) is 59.7 Å². The molecule has 0 saturated carbocycles. The first kappa shape index (κ1) is 18.5. The third-order valence-corrected chi connectivity index (χ3v) is 5.59. The molecular formula is C22H23NO5. The zero-order valence-electron chi connectivity index (χ0n) is 15.9. The molecule has 1 saturated heterocycles. The fraction of sp³-hybridized carbons (Fsp3) is 0.364. The number of carboxylic acid groups (broad SMARTS) is 1. The molecule has 146 valence electrons. The number of ether oxygens (including phenoxy) is 2. The van der Waals surface area contributed by atoms with Gasteiger partial charge in [-0.3, -0.25) is 4.90 Å². The summed E-state index contributed by atoms with van der Waals surface area (Å²) >= 11 is 0. The number of nitrogens with zero attached hydrogens (tertiary/aromatic N) is 1. The molecule has 1 aliphatic carbocycles. The molecule has 6 nitrogen and oxygen atoms in total. The highest BCUT2D eigenvalue weighted by Crippen LogP contribution is 2.44. The van der Waals surface area contributed by atoms with E-state index in [1.54, 1.807) is 13.8 Å². The molecule has 2 aliphatic rings. The van der Waals surface area contributed by atoms with Crippen molar-refractivity contribution < 1.29 is 24.2 Å². The molecule has 28 heavy (non-hydrogen) atoms. The number of amides is 1. The van der Waals surface area contributed by atoms with E-state index in [0.717, 1.165) is 22.3 Å². The number of benzene rings is 2. The lowest BCUT2D eigenvalue weighted by Gasteiger charge is -2.47. The van der Waals surface area contributed by atoms with Crippen molar-refractivity contribution in [3.63, 3.8) is 0 Å². The van der Waals surface area contributed by atoms with Crippen molar-refractivity contribution in [1.82, 2.24) is 4.90 Å². The topological polar surface area (TPSA) is 76.1 Å². The zero-order chi connectivity index (χ0) is 19.9. The standard InChI is InChI=1S/C22H23NO5/c1-14(2)23(22(20(24)25)12-27-13-22)21(26)28-11-19-17-9-5-3-7-15(17)16-8-4-6-10-18(16)19/h3-10,14,19H,11-13H2,1-2H3,(H,24,25). The molecule has 1 aliphatic heterocycles. The monoisotopic (exact) mass is 381 g/mol.